The molecule has 0 saturated heterocycles. The third kappa shape index (κ3) is 7.02. The highest BCUT2D eigenvalue weighted by Gasteiger charge is 2.20. The molecule has 0 fully saturated rings. The smallest absolute Gasteiger partial charge is 0.216 e. The normalized spacial score (nSPS) is 18.2. The van der Waals surface area contributed by atoms with E-state index in [0.29, 0.717) is 32.1 Å². The van der Waals surface area contributed by atoms with E-state index in [9.17, 15) is 5.11 Å². The maximum absolute atomic E-state index is 9.96. The number of nitrogens with zero attached hydrogens (tertiary/aromatic N) is 1. The second-order valence-electron chi connectivity index (χ2n) is 6.49. The van der Waals surface area contributed by atoms with Crippen molar-refractivity contribution in [2.45, 2.75) is 64.0 Å². The molecule has 134 valence electrons. The molecule has 0 amide bonds. The maximum Gasteiger partial charge on any atom is 0.216 e. The number of aliphatic imine (C=N–C) groups is 1. The summed E-state index contributed by atoms with van der Waals surface area (Å²) in [7, 11) is 0. The number of aliphatic hydroxyl groups excluding tert-OH is 1. The van der Waals surface area contributed by atoms with Crippen molar-refractivity contribution in [3.8, 4) is 0 Å². The lowest BCUT2D eigenvalue weighted by molar-refractivity contribution is 0.0675. The highest BCUT2D eigenvalue weighted by Crippen LogP contribution is 2.13. The van der Waals surface area contributed by atoms with Crippen molar-refractivity contribution < 1.29 is 14.6 Å². The van der Waals surface area contributed by atoms with Crippen molar-refractivity contribution in [2.24, 2.45) is 4.99 Å². The lowest BCUT2D eigenvalue weighted by atomic mass is 10.1. The van der Waals surface area contributed by atoms with E-state index < -0.39 is 0 Å². The fourth-order valence-electron chi connectivity index (χ4n) is 2.81. The predicted molar refractivity (Wildman–Crippen MR) is 97.5 cm³/mol. The van der Waals surface area contributed by atoms with Crippen LogP contribution in [-0.4, -0.2) is 43.0 Å². The fraction of sp³-hybridized carbons (Fsp3) is 0.650. The lowest BCUT2D eigenvalue weighted by Crippen LogP contribution is -2.17. The summed E-state index contributed by atoms with van der Waals surface area (Å²) in [6, 6.07) is 10.0. The summed E-state index contributed by atoms with van der Waals surface area (Å²) in [5, 5.41) is 9.96. The molecule has 1 aliphatic heterocycles. The van der Waals surface area contributed by atoms with Gasteiger partial charge in [0.1, 0.15) is 12.6 Å². The van der Waals surface area contributed by atoms with Crippen LogP contribution in [-0.2, 0) is 9.47 Å². The summed E-state index contributed by atoms with van der Waals surface area (Å²) in [5.41, 5.74) is 1.01. The average Bonchev–Trinajstić information content (AvgIpc) is 3.08. The summed E-state index contributed by atoms with van der Waals surface area (Å²) in [5.74, 6) is 0.705. The van der Waals surface area contributed by atoms with Gasteiger partial charge in [-0.15, -0.1) is 0 Å². The molecule has 1 heterocycles. The molecule has 1 aliphatic rings. The first-order valence-electron chi connectivity index (χ1n) is 9.31. The molecule has 0 bridgehead atoms. The van der Waals surface area contributed by atoms with Crippen molar-refractivity contribution >= 4 is 5.90 Å². The van der Waals surface area contributed by atoms with Crippen LogP contribution in [0.3, 0.4) is 0 Å². The minimum atomic E-state index is -0.241. The molecule has 1 aromatic carbocycles. The van der Waals surface area contributed by atoms with Gasteiger partial charge in [0, 0.05) is 12.2 Å². The highest BCUT2D eigenvalue weighted by atomic mass is 16.5. The molecule has 0 radical (unpaired) electrons. The van der Waals surface area contributed by atoms with E-state index in [1.165, 1.54) is 25.7 Å². The average molecular weight is 333 g/mol. The monoisotopic (exact) mass is 333 g/mol. The molecule has 4 nitrogen and oxygen atoms in total. The Bertz CT molecular complexity index is 475. The van der Waals surface area contributed by atoms with Gasteiger partial charge in [0.05, 0.1) is 12.7 Å². The SMILES string of the molecule is CCCCCCCC(O)CCOCC1COC(c2ccccc2)=N1. The van der Waals surface area contributed by atoms with Crippen molar-refractivity contribution in [1.82, 2.24) is 0 Å². The summed E-state index contributed by atoms with van der Waals surface area (Å²) in [6.45, 7) is 3.93. The minimum Gasteiger partial charge on any atom is -0.475 e. The van der Waals surface area contributed by atoms with Crippen LogP contribution in [0.25, 0.3) is 0 Å². The van der Waals surface area contributed by atoms with E-state index in [0.717, 1.165) is 18.4 Å². The number of rotatable bonds is 12. The van der Waals surface area contributed by atoms with Crippen LogP contribution in [0, 0.1) is 0 Å². The van der Waals surface area contributed by atoms with Gasteiger partial charge in [0.2, 0.25) is 5.90 Å². The summed E-state index contributed by atoms with van der Waals surface area (Å²) >= 11 is 0. The number of hydrogen-bond acceptors (Lipinski definition) is 4. The number of benzene rings is 1. The van der Waals surface area contributed by atoms with E-state index in [1.807, 2.05) is 30.3 Å². The predicted octanol–water partition coefficient (Wildman–Crippen LogP) is 3.96. The van der Waals surface area contributed by atoms with Gasteiger partial charge < -0.3 is 14.6 Å². The minimum absolute atomic E-state index is 0.0615. The van der Waals surface area contributed by atoms with Crippen LogP contribution in [0.15, 0.2) is 35.3 Å². The third-order valence-corrected chi connectivity index (χ3v) is 4.28. The van der Waals surface area contributed by atoms with E-state index in [4.69, 9.17) is 9.47 Å². The Morgan fingerprint density at radius 1 is 1.17 bits per heavy atom. The second kappa shape index (κ2) is 11.2. The third-order valence-electron chi connectivity index (χ3n) is 4.28. The van der Waals surface area contributed by atoms with Crippen molar-refractivity contribution in [3.05, 3.63) is 35.9 Å². The molecule has 0 saturated carbocycles. The van der Waals surface area contributed by atoms with Gasteiger partial charge in [0.15, 0.2) is 0 Å². The zero-order valence-corrected chi connectivity index (χ0v) is 14.8. The van der Waals surface area contributed by atoms with E-state index >= 15 is 0 Å². The van der Waals surface area contributed by atoms with Crippen LogP contribution < -0.4 is 0 Å². The second-order valence-corrected chi connectivity index (χ2v) is 6.49. The lowest BCUT2D eigenvalue weighted by Gasteiger charge is -2.11. The molecule has 2 rings (SSSR count). The first-order chi connectivity index (χ1) is 11.8. The maximum atomic E-state index is 9.96. The first kappa shape index (κ1) is 18.9. The summed E-state index contributed by atoms with van der Waals surface area (Å²) in [4.78, 5) is 4.56. The van der Waals surface area contributed by atoms with Crippen LogP contribution in [0.1, 0.15) is 57.4 Å². The number of ether oxygens (including phenoxy) is 2. The Balaban J connectivity index is 1.54. The largest absolute Gasteiger partial charge is 0.475 e. The molecule has 0 aromatic heterocycles. The molecular weight excluding hydrogens is 302 g/mol. The Kier molecular flexibility index (Phi) is 8.85. The van der Waals surface area contributed by atoms with Gasteiger partial charge in [-0.25, -0.2) is 4.99 Å². The van der Waals surface area contributed by atoms with Gasteiger partial charge in [-0.05, 0) is 25.0 Å². The molecule has 24 heavy (non-hydrogen) atoms. The van der Waals surface area contributed by atoms with Crippen LogP contribution in [0.2, 0.25) is 0 Å². The quantitative estimate of drug-likeness (QED) is 0.589. The van der Waals surface area contributed by atoms with Crippen LogP contribution in [0.5, 0.6) is 0 Å². The van der Waals surface area contributed by atoms with Crippen molar-refractivity contribution in [2.75, 3.05) is 19.8 Å². The number of unbranched alkanes of at least 4 members (excludes halogenated alkanes) is 4. The molecule has 1 N–H and O–H groups in total. The van der Waals surface area contributed by atoms with Gasteiger partial charge in [-0.1, -0.05) is 57.2 Å². The first-order valence-corrected chi connectivity index (χ1v) is 9.31. The van der Waals surface area contributed by atoms with E-state index in [2.05, 4.69) is 11.9 Å². The molecule has 4 heteroatoms. The molecule has 2 unspecified atom stereocenters. The van der Waals surface area contributed by atoms with Crippen LogP contribution >= 0.6 is 0 Å². The molecule has 0 spiro atoms. The zero-order chi connectivity index (χ0) is 17.0. The van der Waals surface area contributed by atoms with E-state index in [1.54, 1.807) is 0 Å². The summed E-state index contributed by atoms with van der Waals surface area (Å²) in [6.07, 6.45) is 7.53. The van der Waals surface area contributed by atoms with Crippen molar-refractivity contribution in [3.63, 3.8) is 0 Å². The highest BCUT2D eigenvalue weighted by molar-refractivity contribution is 5.95. The van der Waals surface area contributed by atoms with Gasteiger partial charge in [-0.2, -0.15) is 0 Å². The standard InChI is InChI=1S/C20H31NO3/c1-2-3-4-5-9-12-19(22)13-14-23-15-18-16-24-20(21-18)17-10-7-6-8-11-17/h6-8,10-11,18-19,22H,2-5,9,12-16H2,1H3. The zero-order valence-electron chi connectivity index (χ0n) is 14.8. The van der Waals surface area contributed by atoms with Gasteiger partial charge in [-0.3, -0.25) is 0 Å². The molecule has 0 aliphatic carbocycles. The Morgan fingerprint density at radius 3 is 2.75 bits per heavy atom. The molecular formula is C20H31NO3. The van der Waals surface area contributed by atoms with E-state index in [-0.39, 0.29) is 12.1 Å². The topological polar surface area (TPSA) is 51.0 Å². The van der Waals surface area contributed by atoms with Gasteiger partial charge >= 0.3 is 0 Å². The molecule has 1 aromatic rings. The molecule has 2 atom stereocenters. The van der Waals surface area contributed by atoms with Crippen molar-refractivity contribution in [1.29, 1.82) is 0 Å². The summed E-state index contributed by atoms with van der Waals surface area (Å²) < 4.78 is 11.3. The Hall–Kier alpha value is -1.39. The van der Waals surface area contributed by atoms with Gasteiger partial charge in [0.25, 0.3) is 0 Å². The number of hydrogen-bond donors (Lipinski definition) is 1. The fourth-order valence-corrected chi connectivity index (χ4v) is 2.81. The number of aliphatic hydroxyl groups is 1. The Morgan fingerprint density at radius 2 is 1.96 bits per heavy atom. The Labute approximate surface area is 145 Å². The van der Waals surface area contributed by atoms with Crippen LogP contribution in [0.4, 0.5) is 0 Å².